The van der Waals surface area contributed by atoms with E-state index in [1.165, 1.54) is 0 Å². The van der Waals surface area contributed by atoms with E-state index in [2.05, 4.69) is 11.9 Å². The zero-order chi connectivity index (χ0) is 7.56. The quantitative estimate of drug-likeness (QED) is 0.662. The molecule has 3 heteroatoms. The second-order valence-corrected chi connectivity index (χ2v) is 2.39. The van der Waals surface area contributed by atoms with Crippen molar-refractivity contribution in [1.29, 1.82) is 0 Å². The third-order valence-corrected chi connectivity index (χ3v) is 1.55. The van der Waals surface area contributed by atoms with Gasteiger partial charge in [0, 0.05) is 18.8 Å². The third kappa shape index (κ3) is 1.19. The third-order valence-electron chi connectivity index (χ3n) is 1.55. The summed E-state index contributed by atoms with van der Waals surface area (Å²) in [7, 11) is 0. The number of aryl methyl sites for hydroxylation is 1. The van der Waals surface area contributed by atoms with Crippen LogP contribution < -0.4 is 5.73 Å². The highest BCUT2D eigenvalue weighted by molar-refractivity contribution is 5.02. The van der Waals surface area contributed by atoms with Gasteiger partial charge in [0.25, 0.3) is 0 Å². The lowest BCUT2D eigenvalue weighted by molar-refractivity contribution is 0.657. The Morgan fingerprint density at radius 3 is 2.90 bits per heavy atom. The predicted octanol–water partition coefficient (Wildman–Crippen LogP) is 0.923. The molecule has 10 heavy (non-hydrogen) atoms. The molecular formula is C7H13N3. The Morgan fingerprint density at radius 2 is 2.50 bits per heavy atom. The molecule has 0 saturated heterocycles. The molecule has 0 unspecified atom stereocenters. The summed E-state index contributed by atoms with van der Waals surface area (Å²) < 4.78 is 2.05. The Balaban J connectivity index is 2.90. The minimum atomic E-state index is 0.0856. The van der Waals surface area contributed by atoms with Crippen LogP contribution >= 0.6 is 0 Å². The van der Waals surface area contributed by atoms with E-state index >= 15 is 0 Å². The van der Waals surface area contributed by atoms with Gasteiger partial charge in [-0.15, -0.1) is 0 Å². The normalized spacial score (nSPS) is 13.5. The molecule has 0 spiro atoms. The first-order chi connectivity index (χ1) is 4.75. The molecule has 3 nitrogen and oxygen atoms in total. The van der Waals surface area contributed by atoms with Crippen molar-refractivity contribution in [2.75, 3.05) is 0 Å². The van der Waals surface area contributed by atoms with Crippen molar-refractivity contribution in [3.05, 3.63) is 18.2 Å². The second kappa shape index (κ2) is 2.84. The first-order valence-electron chi connectivity index (χ1n) is 3.51. The summed E-state index contributed by atoms with van der Waals surface area (Å²) in [5.41, 5.74) is 6.77. The lowest BCUT2D eigenvalue weighted by Gasteiger charge is -2.06. The van der Waals surface area contributed by atoms with Gasteiger partial charge < -0.3 is 10.3 Å². The zero-order valence-electron chi connectivity index (χ0n) is 6.41. The number of imidazole rings is 1. The molecule has 56 valence electrons. The maximum atomic E-state index is 5.67. The van der Waals surface area contributed by atoms with Crippen LogP contribution in [0.2, 0.25) is 0 Å². The maximum Gasteiger partial charge on any atom is 0.0948 e. The SMILES string of the molecule is CCn1cncc1[C@@H](C)N. The summed E-state index contributed by atoms with van der Waals surface area (Å²) in [4.78, 5) is 4.00. The number of hydrogen-bond acceptors (Lipinski definition) is 2. The van der Waals surface area contributed by atoms with Gasteiger partial charge in [-0.2, -0.15) is 0 Å². The summed E-state index contributed by atoms with van der Waals surface area (Å²) in [5.74, 6) is 0. The molecule has 0 amide bonds. The van der Waals surface area contributed by atoms with Crippen molar-refractivity contribution < 1.29 is 0 Å². The van der Waals surface area contributed by atoms with Crippen molar-refractivity contribution in [3.63, 3.8) is 0 Å². The number of aromatic nitrogens is 2. The van der Waals surface area contributed by atoms with Gasteiger partial charge in [0.15, 0.2) is 0 Å². The lowest BCUT2D eigenvalue weighted by atomic mass is 10.3. The fraction of sp³-hybridized carbons (Fsp3) is 0.571. The Labute approximate surface area is 60.9 Å². The molecule has 1 rings (SSSR count). The molecule has 1 atom stereocenters. The molecular weight excluding hydrogens is 126 g/mol. The van der Waals surface area contributed by atoms with E-state index in [0.29, 0.717) is 0 Å². The molecule has 0 aliphatic carbocycles. The number of rotatable bonds is 2. The molecule has 0 bridgehead atoms. The molecule has 0 aliphatic rings. The smallest absolute Gasteiger partial charge is 0.0948 e. The van der Waals surface area contributed by atoms with E-state index in [1.54, 1.807) is 6.33 Å². The average Bonchev–Trinajstić information content (AvgIpc) is 2.33. The van der Waals surface area contributed by atoms with Crippen LogP contribution in [0.25, 0.3) is 0 Å². The number of hydrogen-bond donors (Lipinski definition) is 1. The van der Waals surface area contributed by atoms with Crippen molar-refractivity contribution in [3.8, 4) is 0 Å². The minimum absolute atomic E-state index is 0.0856. The van der Waals surface area contributed by atoms with E-state index in [9.17, 15) is 0 Å². The number of nitrogens with zero attached hydrogens (tertiary/aromatic N) is 2. The summed E-state index contributed by atoms with van der Waals surface area (Å²) in [6.07, 6.45) is 3.62. The molecule has 0 saturated carbocycles. The Morgan fingerprint density at radius 1 is 1.80 bits per heavy atom. The van der Waals surface area contributed by atoms with Gasteiger partial charge in [-0.25, -0.2) is 4.98 Å². The Hall–Kier alpha value is -0.830. The fourth-order valence-electron chi connectivity index (χ4n) is 0.974. The van der Waals surface area contributed by atoms with Crippen LogP contribution in [0.1, 0.15) is 25.6 Å². The van der Waals surface area contributed by atoms with E-state index in [-0.39, 0.29) is 6.04 Å². The van der Waals surface area contributed by atoms with Crippen LogP contribution in [0.3, 0.4) is 0 Å². The maximum absolute atomic E-state index is 5.67. The molecule has 0 radical (unpaired) electrons. The Bertz CT molecular complexity index is 202. The molecule has 0 aliphatic heterocycles. The highest BCUT2D eigenvalue weighted by Gasteiger charge is 2.03. The van der Waals surface area contributed by atoms with Crippen LogP contribution in [0.15, 0.2) is 12.5 Å². The van der Waals surface area contributed by atoms with Crippen molar-refractivity contribution in [1.82, 2.24) is 9.55 Å². The van der Waals surface area contributed by atoms with E-state index in [1.807, 2.05) is 17.7 Å². The predicted molar refractivity (Wildman–Crippen MR) is 40.5 cm³/mol. The molecule has 0 fully saturated rings. The second-order valence-electron chi connectivity index (χ2n) is 2.39. The minimum Gasteiger partial charge on any atom is -0.333 e. The standard InChI is InChI=1S/C7H13N3/c1-3-10-5-9-4-7(10)6(2)8/h4-6H,3,8H2,1-2H3/t6-/m1/s1. The van der Waals surface area contributed by atoms with Crippen LogP contribution in [0.4, 0.5) is 0 Å². The summed E-state index contributed by atoms with van der Waals surface area (Å²) in [6.45, 7) is 4.98. The monoisotopic (exact) mass is 139 g/mol. The molecule has 2 N–H and O–H groups in total. The van der Waals surface area contributed by atoms with Crippen molar-refractivity contribution in [2.24, 2.45) is 5.73 Å². The largest absolute Gasteiger partial charge is 0.333 e. The number of nitrogens with two attached hydrogens (primary N) is 1. The van der Waals surface area contributed by atoms with Crippen LogP contribution in [0, 0.1) is 0 Å². The van der Waals surface area contributed by atoms with Crippen LogP contribution in [-0.4, -0.2) is 9.55 Å². The highest BCUT2D eigenvalue weighted by Crippen LogP contribution is 2.07. The lowest BCUT2D eigenvalue weighted by Crippen LogP contribution is -2.10. The van der Waals surface area contributed by atoms with Crippen molar-refractivity contribution in [2.45, 2.75) is 26.4 Å². The summed E-state index contributed by atoms with van der Waals surface area (Å²) in [5, 5.41) is 0. The molecule has 1 aromatic rings. The van der Waals surface area contributed by atoms with Crippen LogP contribution in [-0.2, 0) is 6.54 Å². The van der Waals surface area contributed by atoms with Crippen LogP contribution in [0.5, 0.6) is 0 Å². The van der Waals surface area contributed by atoms with E-state index in [0.717, 1.165) is 12.2 Å². The first-order valence-corrected chi connectivity index (χ1v) is 3.51. The topological polar surface area (TPSA) is 43.8 Å². The van der Waals surface area contributed by atoms with Gasteiger partial charge in [-0.05, 0) is 13.8 Å². The fourth-order valence-corrected chi connectivity index (χ4v) is 0.974. The summed E-state index contributed by atoms with van der Waals surface area (Å²) >= 11 is 0. The molecule has 0 aromatic carbocycles. The zero-order valence-corrected chi connectivity index (χ0v) is 6.41. The molecule has 1 aromatic heterocycles. The van der Waals surface area contributed by atoms with Gasteiger partial charge in [0.2, 0.25) is 0 Å². The van der Waals surface area contributed by atoms with Gasteiger partial charge in [-0.1, -0.05) is 0 Å². The van der Waals surface area contributed by atoms with Crippen molar-refractivity contribution >= 4 is 0 Å². The van der Waals surface area contributed by atoms with E-state index in [4.69, 9.17) is 5.73 Å². The highest BCUT2D eigenvalue weighted by atomic mass is 15.1. The first kappa shape index (κ1) is 7.28. The van der Waals surface area contributed by atoms with Gasteiger partial charge in [0.05, 0.1) is 12.0 Å². The summed E-state index contributed by atoms with van der Waals surface area (Å²) in [6, 6.07) is 0.0856. The average molecular weight is 139 g/mol. The van der Waals surface area contributed by atoms with E-state index < -0.39 is 0 Å². The molecule has 1 heterocycles. The van der Waals surface area contributed by atoms with Gasteiger partial charge in [-0.3, -0.25) is 0 Å². The Kier molecular flexibility index (Phi) is 2.06. The van der Waals surface area contributed by atoms with Gasteiger partial charge in [0.1, 0.15) is 0 Å². The van der Waals surface area contributed by atoms with Gasteiger partial charge >= 0.3 is 0 Å².